The topological polar surface area (TPSA) is 57.7 Å². The van der Waals surface area contributed by atoms with Crippen LogP contribution in [0.5, 0.6) is 0 Å². The second-order valence-electron chi connectivity index (χ2n) is 4.20. The van der Waals surface area contributed by atoms with E-state index in [4.69, 9.17) is 11.6 Å². The number of anilines is 1. The van der Waals surface area contributed by atoms with Crippen LogP contribution in [-0.4, -0.2) is 32.5 Å². The second kappa shape index (κ2) is 4.87. The number of aromatic nitrogens is 4. The fraction of sp³-hybridized carbons (Fsp3) is 0.545. The van der Waals surface area contributed by atoms with Crippen molar-refractivity contribution in [2.24, 2.45) is 0 Å². The first kappa shape index (κ1) is 12.1. The maximum absolute atomic E-state index is 5.93. The average molecular weight is 254 g/mol. The normalized spacial score (nSPS) is 11.4. The molecular formula is C11H16ClN5. The van der Waals surface area contributed by atoms with E-state index in [9.17, 15) is 0 Å². The molecule has 0 fully saturated rings. The van der Waals surface area contributed by atoms with Gasteiger partial charge in [-0.05, 0) is 31.9 Å². The van der Waals surface area contributed by atoms with Gasteiger partial charge < -0.3 is 9.88 Å². The van der Waals surface area contributed by atoms with Crippen LogP contribution in [0.4, 0.5) is 5.82 Å². The van der Waals surface area contributed by atoms with Crippen molar-refractivity contribution < 1.29 is 0 Å². The number of hydrogen-bond donors (Lipinski definition) is 1. The Labute approximate surface area is 105 Å². The first-order valence-electron chi connectivity index (χ1n) is 5.76. The molecule has 1 N–H and O–H groups in total. The highest BCUT2D eigenvalue weighted by Crippen LogP contribution is 2.24. The van der Waals surface area contributed by atoms with Crippen LogP contribution in [0, 0.1) is 0 Å². The number of halogens is 1. The lowest BCUT2D eigenvalue weighted by Gasteiger charge is -2.27. The van der Waals surface area contributed by atoms with E-state index in [0.29, 0.717) is 11.7 Å². The standard InChI is InChI=1S/C11H16ClN5/c1-4-5-17(7(2)3)10-8-9(14-6-13-8)15-11(12)16-10/h6-7H,4-5H2,1-3H3,(H,13,14,15,16). The Morgan fingerprint density at radius 2 is 2.18 bits per heavy atom. The van der Waals surface area contributed by atoms with Crippen molar-refractivity contribution in [2.45, 2.75) is 33.2 Å². The Hall–Kier alpha value is -1.36. The third-order valence-electron chi connectivity index (χ3n) is 2.60. The van der Waals surface area contributed by atoms with Crippen LogP contribution in [0.1, 0.15) is 27.2 Å². The van der Waals surface area contributed by atoms with Gasteiger partial charge in [0.1, 0.15) is 5.52 Å². The smallest absolute Gasteiger partial charge is 0.226 e. The Morgan fingerprint density at radius 3 is 2.82 bits per heavy atom. The van der Waals surface area contributed by atoms with Crippen molar-refractivity contribution in [3.8, 4) is 0 Å². The van der Waals surface area contributed by atoms with Gasteiger partial charge >= 0.3 is 0 Å². The van der Waals surface area contributed by atoms with E-state index in [1.165, 1.54) is 0 Å². The van der Waals surface area contributed by atoms with E-state index >= 15 is 0 Å². The molecule has 0 aliphatic heterocycles. The molecule has 0 saturated heterocycles. The Kier molecular flexibility index (Phi) is 3.47. The third-order valence-corrected chi connectivity index (χ3v) is 2.77. The summed E-state index contributed by atoms with van der Waals surface area (Å²) in [5.74, 6) is 0.828. The van der Waals surface area contributed by atoms with Crippen LogP contribution in [0.15, 0.2) is 6.33 Å². The van der Waals surface area contributed by atoms with E-state index in [1.807, 2.05) is 0 Å². The molecule has 2 aromatic rings. The highest BCUT2D eigenvalue weighted by molar-refractivity contribution is 6.28. The molecule has 2 rings (SSSR count). The van der Waals surface area contributed by atoms with Gasteiger partial charge in [-0.15, -0.1) is 0 Å². The largest absolute Gasteiger partial charge is 0.352 e. The molecule has 17 heavy (non-hydrogen) atoms. The number of rotatable bonds is 4. The molecule has 0 atom stereocenters. The van der Waals surface area contributed by atoms with Gasteiger partial charge in [-0.1, -0.05) is 6.92 Å². The number of imidazole rings is 1. The number of nitrogens with zero attached hydrogens (tertiary/aromatic N) is 4. The third kappa shape index (κ3) is 2.34. The lowest BCUT2D eigenvalue weighted by atomic mass is 10.3. The molecule has 0 radical (unpaired) electrons. The van der Waals surface area contributed by atoms with Crippen molar-refractivity contribution in [2.75, 3.05) is 11.4 Å². The van der Waals surface area contributed by atoms with E-state index in [1.54, 1.807) is 6.33 Å². The minimum Gasteiger partial charge on any atom is -0.352 e. The fourth-order valence-electron chi connectivity index (χ4n) is 1.85. The Bertz CT molecular complexity index is 508. The molecule has 2 aromatic heterocycles. The van der Waals surface area contributed by atoms with Crippen molar-refractivity contribution in [3.63, 3.8) is 0 Å². The van der Waals surface area contributed by atoms with Crippen LogP contribution in [0.25, 0.3) is 11.2 Å². The summed E-state index contributed by atoms with van der Waals surface area (Å²) >= 11 is 5.93. The summed E-state index contributed by atoms with van der Waals surface area (Å²) in [6, 6.07) is 0.354. The minimum absolute atomic E-state index is 0.237. The number of nitrogens with one attached hydrogen (secondary N) is 1. The van der Waals surface area contributed by atoms with Crippen molar-refractivity contribution in [1.29, 1.82) is 0 Å². The van der Waals surface area contributed by atoms with Crippen molar-refractivity contribution in [1.82, 2.24) is 19.9 Å². The maximum atomic E-state index is 5.93. The zero-order valence-corrected chi connectivity index (χ0v) is 11.0. The molecule has 6 heteroatoms. The van der Waals surface area contributed by atoms with Crippen LogP contribution in [0.3, 0.4) is 0 Å². The van der Waals surface area contributed by atoms with Crippen LogP contribution >= 0.6 is 11.6 Å². The summed E-state index contributed by atoms with van der Waals surface area (Å²) < 4.78 is 0. The molecule has 0 aliphatic rings. The number of aromatic amines is 1. The molecule has 0 aliphatic carbocycles. The molecular weight excluding hydrogens is 238 g/mol. The number of hydrogen-bond acceptors (Lipinski definition) is 4. The summed E-state index contributed by atoms with van der Waals surface area (Å²) in [7, 11) is 0. The highest BCUT2D eigenvalue weighted by Gasteiger charge is 2.17. The summed E-state index contributed by atoms with van der Waals surface area (Å²) in [5.41, 5.74) is 1.46. The maximum Gasteiger partial charge on any atom is 0.226 e. The van der Waals surface area contributed by atoms with Gasteiger partial charge in [-0.3, -0.25) is 0 Å². The Morgan fingerprint density at radius 1 is 1.41 bits per heavy atom. The monoisotopic (exact) mass is 253 g/mol. The molecule has 0 unspecified atom stereocenters. The lowest BCUT2D eigenvalue weighted by Crippen LogP contribution is -2.32. The summed E-state index contributed by atoms with van der Waals surface area (Å²) in [4.78, 5) is 17.8. The molecule has 0 bridgehead atoms. The van der Waals surface area contributed by atoms with Crippen LogP contribution < -0.4 is 4.90 Å². The van der Waals surface area contributed by atoms with E-state index in [0.717, 1.165) is 24.3 Å². The van der Waals surface area contributed by atoms with E-state index < -0.39 is 0 Å². The first-order chi connectivity index (χ1) is 8.13. The van der Waals surface area contributed by atoms with Gasteiger partial charge in [-0.2, -0.15) is 9.97 Å². The first-order valence-corrected chi connectivity index (χ1v) is 6.14. The van der Waals surface area contributed by atoms with Gasteiger partial charge in [-0.25, -0.2) is 4.98 Å². The summed E-state index contributed by atoms with van der Waals surface area (Å²) in [6.45, 7) is 7.34. The number of H-pyrrole nitrogens is 1. The minimum atomic E-state index is 0.237. The predicted molar refractivity (Wildman–Crippen MR) is 69.5 cm³/mol. The highest BCUT2D eigenvalue weighted by atomic mass is 35.5. The van der Waals surface area contributed by atoms with E-state index in [2.05, 4.69) is 45.6 Å². The lowest BCUT2D eigenvalue weighted by molar-refractivity contribution is 0.663. The quantitative estimate of drug-likeness (QED) is 0.851. The van der Waals surface area contributed by atoms with Gasteiger partial charge in [0, 0.05) is 12.6 Å². The Balaban J connectivity index is 2.54. The number of fused-ring (bicyclic) bond motifs is 1. The molecule has 2 heterocycles. The van der Waals surface area contributed by atoms with Gasteiger partial charge in [0.25, 0.3) is 0 Å². The van der Waals surface area contributed by atoms with Crippen LogP contribution in [0.2, 0.25) is 5.28 Å². The van der Waals surface area contributed by atoms with Crippen molar-refractivity contribution in [3.05, 3.63) is 11.6 Å². The SMILES string of the molecule is CCCN(c1nc(Cl)nc2nc[nH]c12)C(C)C. The van der Waals surface area contributed by atoms with E-state index in [-0.39, 0.29) is 5.28 Å². The summed E-state index contributed by atoms with van der Waals surface area (Å²) in [5, 5.41) is 0.237. The average Bonchev–Trinajstić information content (AvgIpc) is 2.72. The van der Waals surface area contributed by atoms with Gasteiger partial charge in [0.05, 0.1) is 6.33 Å². The molecule has 0 saturated carbocycles. The van der Waals surface area contributed by atoms with Crippen molar-refractivity contribution >= 4 is 28.6 Å². The molecule has 92 valence electrons. The molecule has 0 amide bonds. The zero-order chi connectivity index (χ0) is 12.4. The van der Waals surface area contributed by atoms with Gasteiger partial charge in [0.15, 0.2) is 11.5 Å². The fourth-order valence-corrected chi connectivity index (χ4v) is 2.01. The molecule has 0 aromatic carbocycles. The molecule has 0 spiro atoms. The molecule has 5 nitrogen and oxygen atoms in total. The predicted octanol–water partition coefficient (Wildman–Crippen LogP) is 2.63. The summed E-state index contributed by atoms with van der Waals surface area (Å²) in [6.07, 6.45) is 2.67. The van der Waals surface area contributed by atoms with Gasteiger partial charge in [0.2, 0.25) is 5.28 Å². The second-order valence-corrected chi connectivity index (χ2v) is 4.54. The van der Waals surface area contributed by atoms with Crippen LogP contribution in [-0.2, 0) is 0 Å². The zero-order valence-electron chi connectivity index (χ0n) is 10.2.